The van der Waals surface area contributed by atoms with Crippen molar-refractivity contribution < 1.29 is 41.0 Å². The summed E-state index contributed by atoms with van der Waals surface area (Å²) in [5.74, 6) is -7.61. The molecule has 0 saturated heterocycles. The molecule has 2 aromatic carbocycles. The second kappa shape index (κ2) is 7.59. The zero-order valence-electron chi connectivity index (χ0n) is 14.8. The molecule has 1 atom stereocenters. The lowest BCUT2D eigenvalue weighted by Crippen LogP contribution is -2.25. The number of carbonyl (C=O) groups is 2. The number of amides is 1. The summed E-state index contributed by atoms with van der Waals surface area (Å²) in [6.45, 7) is 1.13. The van der Waals surface area contributed by atoms with Gasteiger partial charge in [-0.25, -0.2) is 18.0 Å². The molecule has 0 bridgehead atoms. The Bertz CT molecular complexity index is 1250. The summed E-state index contributed by atoms with van der Waals surface area (Å²) < 4.78 is 80.2. The zero-order chi connectivity index (χ0) is 22.4. The van der Waals surface area contributed by atoms with Crippen LogP contribution >= 0.6 is 11.3 Å². The van der Waals surface area contributed by atoms with Gasteiger partial charge < -0.3 is 9.67 Å². The maximum Gasteiger partial charge on any atom is 0.416 e. The van der Waals surface area contributed by atoms with Crippen LogP contribution in [0, 0.1) is 17.5 Å². The van der Waals surface area contributed by atoms with Crippen molar-refractivity contribution in [2.24, 2.45) is 4.99 Å². The van der Waals surface area contributed by atoms with E-state index in [2.05, 4.69) is 4.99 Å². The van der Waals surface area contributed by atoms with E-state index in [0.717, 1.165) is 29.7 Å². The Labute approximate surface area is 167 Å². The van der Waals surface area contributed by atoms with Crippen molar-refractivity contribution in [3.8, 4) is 0 Å². The lowest BCUT2D eigenvalue weighted by molar-refractivity contribution is -0.140. The van der Waals surface area contributed by atoms with Crippen LogP contribution in [0.25, 0.3) is 10.2 Å². The van der Waals surface area contributed by atoms with E-state index < -0.39 is 62.2 Å². The van der Waals surface area contributed by atoms with E-state index in [0.29, 0.717) is 23.5 Å². The number of carboxylic acid groups (broad SMARTS) is 1. The van der Waals surface area contributed by atoms with Crippen molar-refractivity contribution in [1.29, 1.82) is 0 Å². The maximum atomic E-state index is 14.1. The number of aliphatic carboxylic acids is 1. The van der Waals surface area contributed by atoms with Crippen LogP contribution in [0.2, 0.25) is 0 Å². The van der Waals surface area contributed by atoms with Gasteiger partial charge in [-0.3, -0.25) is 4.79 Å². The van der Waals surface area contributed by atoms with Gasteiger partial charge in [-0.1, -0.05) is 17.4 Å². The van der Waals surface area contributed by atoms with Gasteiger partial charge in [0.1, 0.15) is 6.04 Å². The Morgan fingerprint density at radius 3 is 2.40 bits per heavy atom. The van der Waals surface area contributed by atoms with E-state index in [1.165, 1.54) is 0 Å². The maximum absolute atomic E-state index is 14.1. The first-order chi connectivity index (χ1) is 13.9. The average molecular weight is 448 g/mol. The van der Waals surface area contributed by atoms with Crippen LogP contribution < -0.4 is 4.80 Å². The van der Waals surface area contributed by atoms with E-state index in [-0.39, 0.29) is 5.52 Å². The van der Waals surface area contributed by atoms with Crippen LogP contribution in [0.3, 0.4) is 0 Å². The number of benzene rings is 2. The molecule has 0 fully saturated rings. The van der Waals surface area contributed by atoms with Gasteiger partial charge in [0.05, 0.1) is 15.8 Å². The van der Waals surface area contributed by atoms with Crippen molar-refractivity contribution in [2.45, 2.75) is 19.1 Å². The molecule has 0 spiro atoms. The highest BCUT2D eigenvalue weighted by Crippen LogP contribution is 2.30. The van der Waals surface area contributed by atoms with Gasteiger partial charge in [0.2, 0.25) is 0 Å². The van der Waals surface area contributed by atoms with Crippen LogP contribution in [0.4, 0.5) is 26.3 Å². The summed E-state index contributed by atoms with van der Waals surface area (Å²) in [6.07, 6.45) is -4.72. The van der Waals surface area contributed by atoms with E-state index >= 15 is 0 Å². The smallest absolute Gasteiger partial charge is 0.416 e. The molecule has 30 heavy (non-hydrogen) atoms. The first kappa shape index (κ1) is 21.6. The molecule has 1 N–H and O–H groups in total. The predicted molar refractivity (Wildman–Crippen MR) is 93.4 cm³/mol. The summed E-state index contributed by atoms with van der Waals surface area (Å²) in [6, 6.07) is 2.40. The first-order valence-corrected chi connectivity index (χ1v) is 8.91. The van der Waals surface area contributed by atoms with Crippen molar-refractivity contribution in [3.63, 3.8) is 0 Å². The number of thiazole rings is 1. The topological polar surface area (TPSA) is 71.7 Å². The third-order valence-corrected chi connectivity index (χ3v) is 5.20. The van der Waals surface area contributed by atoms with Crippen LogP contribution in [-0.4, -0.2) is 21.6 Å². The fourth-order valence-electron chi connectivity index (χ4n) is 2.63. The van der Waals surface area contributed by atoms with Crippen LogP contribution in [0.1, 0.15) is 28.9 Å². The molecule has 1 aromatic heterocycles. The number of nitrogens with zero attached hydrogens (tertiary/aromatic N) is 2. The van der Waals surface area contributed by atoms with E-state index in [1.54, 1.807) is 0 Å². The van der Waals surface area contributed by atoms with Gasteiger partial charge in [0.25, 0.3) is 5.91 Å². The van der Waals surface area contributed by atoms with Crippen molar-refractivity contribution in [1.82, 2.24) is 4.57 Å². The fraction of sp³-hybridized carbons (Fsp3) is 0.167. The summed E-state index contributed by atoms with van der Waals surface area (Å²) in [4.78, 5) is 27.0. The number of fused-ring (bicyclic) bond motifs is 1. The highest BCUT2D eigenvalue weighted by Gasteiger charge is 2.31. The highest BCUT2D eigenvalue weighted by molar-refractivity contribution is 7.16. The molecule has 158 valence electrons. The number of hydrogen-bond acceptors (Lipinski definition) is 3. The third kappa shape index (κ3) is 3.82. The molecule has 12 heteroatoms. The summed E-state index contributed by atoms with van der Waals surface area (Å²) in [5, 5.41) is 9.28. The summed E-state index contributed by atoms with van der Waals surface area (Å²) in [7, 11) is 0. The third-order valence-electron chi connectivity index (χ3n) is 4.14. The van der Waals surface area contributed by atoms with E-state index in [9.17, 15) is 41.0 Å². The molecule has 0 saturated carbocycles. The number of carboxylic acids is 1. The molecular formula is C18H10F6N2O3S. The highest BCUT2D eigenvalue weighted by atomic mass is 32.1. The molecular weight excluding hydrogens is 438 g/mol. The number of carbonyl (C=O) groups excluding carboxylic acids is 1. The molecule has 0 radical (unpaired) electrons. The second-order valence-corrected chi connectivity index (χ2v) is 7.08. The standard InChI is InChI=1S/C18H10F6N2O3S/c1-7(16(28)29)26-11-6-10(19)12(20)13(21)14(11)30-17(26)25-15(27)8-3-2-4-9(5-8)18(22,23)24/h2-7H,1H3,(H,28,29)/b25-17-. The van der Waals surface area contributed by atoms with Crippen LogP contribution in [0.5, 0.6) is 0 Å². The van der Waals surface area contributed by atoms with Crippen molar-refractivity contribution >= 4 is 33.4 Å². The minimum atomic E-state index is -4.72. The van der Waals surface area contributed by atoms with Gasteiger partial charge in [0.15, 0.2) is 22.3 Å². The minimum Gasteiger partial charge on any atom is -0.480 e. The molecule has 5 nitrogen and oxygen atoms in total. The number of halogens is 6. The lowest BCUT2D eigenvalue weighted by atomic mass is 10.1. The number of alkyl halides is 3. The summed E-state index contributed by atoms with van der Waals surface area (Å²) in [5.41, 5.74) is -1.95. The van der Waals surface area contributed by atoms with E-state index in [4.69, 9.17) is 0 Å². The molecule has 0 aliphatic rings. The molecule has 3 aromatic rings. The lowest BCUT2D eigenvalue weighted by Gasteiger charge is -2.10. The monoisotopic (exact) mass is 448 g/mol. The summed E-state index contributed by atoms with van der Waals surface area (Å²) >= 11 is 0.360. The van der Waals surface area contributed by atoms with Gasteiger partial charge >= 0.3 is 12.1 Å². The molecule has 3 rings (SSSR count). The zero-order valence-corrected chi connectivity index (χ0v) is 15.6. The minimum absolute atomic E-state index is 0.360. The van der Waals surface area contributed by atoms with Gasteiger partial charge in [-0.05, 0) is 25.1 Å². The molecule has 0 aliphatic carbocycles. The number of hydrogen-bond donors (Lipinski definition) is 1. The van der Waals surface area contributed by atoms with Gasteiger partial charge in [-0.2, -0.15) is 18.2 Å². The normalized spacial score (nSPS) is 13.6. The van der Waals surface area contributed by atoms with Gasteiger partial charge in [0, 0.05) is 11.6 Å². The first-order valence-electron chi connectivity index (χ1n) is 8.09. The average Bonchev–Trinajstić information content (AvgIpc) is 3.02. The van der Waals surface area contributed by atoms with Crippen molar-refractivity contribution in [3.05, 3.63) is 63.7 Å². The predicted octanol–water partition coefficient (Wildman–Crippen LogP) is 4.53. The van der Waals surface area contributed by atoms with Crippen LogP contribution in [-0.2, 0) is 11.0 Å². The molecule has 1 heterocycles. The Morgan fingerprint density at radius 2 is 1.80 bits per heavy atom. The number of aromatic nitrogens is 1. The fourth-order valence-corrected chi connectivity index (χ4v) is 3.73. The second-order valence-electron chi connectivity index (χ2n) is 6.10. The SMILES string of the molecule is CC(C(=O)O)n1/c(=N/C(=O)c2cccc(C(F)(F)F)c2)sc2c(F)c(F)c(F)cc21. The number of rotatable bonds is 3. The quantitative estimate of drug-likeness (QED) is 0.473. The Balaban J connectivity index is 2.26. The molecule has 1 amide bonds. The molecule has 0 aliphatic heterocycles. The largest absolute Gasteiger partial charge is 0.480 e. The van der Waals surface area contributed by atoms with Crippen LogP contribution in [0.15, 0.2) is 35.3 Å². The Hall–Kier alpha value is -3.15. The van der Waals surface area contributed by atoms with Crippen molar-refractivity contribution in [2.75, 3.05) is 0 Å². The molecule has 1 unspecified atom stereocenters. The van der Waals surface area contributed by atoms with Gasteiger partial charge in [-0.15, -0.1) is 0 Å². The Morgan fingerprint density at radius 1 is 1.13 bits per heavy atom. The Kier molecular flexibility index (Phi) is 5.46. The van der Waals surface area contributed by atoms with E-state index in [1.807, 2.05) is 0 Å².